The van der Waals surface area contributed by atoms with E-state index < -0.39 is 180 Å². The Kier molecular flexibility index (Phi) is 28.3. The number of Topliss-reactive ketones (excluding diaryl/α,β-unsaturated/α-hetero) is 4. The largest absolute Gasteiger partial charge is 0.388 e. The molecular weight excluding hydrogens is 1470 g/mol. The maximum atomic E-state index is 15.8. The second-order valence-electron chi connectivity index (χ2n) is 29.6. The van der Waals surface area contributed by atoms with E-state index in [0.717, 1.165) is 32.5 Å². The van der Waals surface area contributed by atoms with E-state index in [4.69, 9.17) is 22.3 Å². The van der Waals surface area contributed by atoms with Crippen LogP contribution >= 0.6 is 21.6 Å². The number of carbonyl (C=O) groups is 12. The van der Waals surface area contributed by atoms with Crippen molar-refractivity contribution in [3.05, 3.63) is 180 Å². The summed E-state index contributed by atoms with van der Waals surface area (Å²) in [6.45, 7) is 5.23. The number of amidine groups is 1. The third kappa shape index (κ3) is 22.9. The first kappa shape index (κ1) is 82.7. The van der Waals surface area contributed by atoms with Crippen molar-refractivity contribution < 1.29 is 57.5 Å². The average molecular weight is 1570 g/mol. The Bertz CT molecular complexity index is 4430. The zero-order valence-corrected chi connectivity index (χ0v) is 64.1. The van der Waals surface area contributed by atoms with Crippen molar-refractivity contribution in [2.24, 2.45) is 34.6 Å². The quantitative estimate of drug-likeness (QED) is 0.0352. The molecule has 112 heavy (non-hydrogen) atoms. The molecule has 0 radical (unpaired) electrons. The highest BCUT2D eigenvalue weighted by Crippen LogP contribution is 2.35. The number of nitrogens with zero attached hydrogens (tertiary/aromatic N) is 2. The average Bonchev–Trinajstić information content (AvgIpc) is 1.60. The number of para-hydroxylation sites is 2. The van der Waals surface area contributed by atoms with Crippen molar-refractivity contribution in [3.8, 4) is 0 Å². The smallest absolute Gasteiger partial charge is 0.245 e. The molecule has 19 N–H and O–H groups in total. The second kappa shape index (κ2) is 38.3. The number of aromatic amines is 4. The van der Waals surface area contributed by atoms with E-state index in [2.05, 4.69) is 77.8 Å². The minimum Gasteiger partial charge on any atom is -0.388 e. The van der Waals surface area contributed by atoms with Gasteiger partial charge < -0.3 is 79.3 Å². The van der Waals surface area contributed by atoms with Crippen LogP contribution in [0.5, 0.6) is 0 Å². The predicted octanol–water partition coefficient (Wildman–Crippen LogP) is 3.46. The van der Waals surface area contributed by atoms with Gasteiger partial charge in [0.25, 0.3) is 0 Å². The standard InChI is InChI=1S/C79H95N19O12S2/c1-78(2)34-66(101)50-31-64(99)46(27-48-35-86-55-21-13-11-19-53(48)55)30-65(100)57(23-24-68(80)81)91-70(104)59(26-45-17-9-6-10-18-45)93-73(107)61(33-52-38-85-43-90-52)97-76(110)79(3,4)98-75(109)63(41-112-111-40-50)96-72(106)60(29-49-36-87-56-22-14-12-20-54(49)56)94-74(108)62(39-88-77(82)83)95-71(105)58(25-44-15-7-5-8-16-44)92-69(103)47(32-67(78)102)28-51-37-84-42-89-51/h5-22,35-38,42-43,46-47,50,57-63,86-87H,23-34,39-41H2,1-4H3,(H3,80,81)(H,84,89)(H,85,90)(H,91,104)(H,92,103)(H,93,107)(H,94,108)(H,95,105)(H,96,106)(H,97,110)(H,98,109)(H4,82,83,88)/t46-,47-,50+,57+,58-,59-,60+,61+,62+,63+/m1/s1. The summed E-state index contributed by atoms with van der Waals surface area (Å²) < 4.78 is 0. The lowest BCUT2D eigenvalue weighted by Crippen LogP contribution is -2.64. The van der Waals surface area contributed by atoms with Gasteiger partial charge in [0.05, 0.1) is 41.8 Å². The minimum absolute atomic E-state index is 0.0670. The number of nitrogens with two attached hydrogens (primary N) is 2. The van der Waals surface area contributed by atoms with E-state index in [1.165, 1.54) is 46.5 Å². The molecule has 6 heterocycles. The molecule has 2 aliphatic heterocycles. The lowest BCUT2D eigenvalue weighted by Gasteiger charge is -2.31. The molecule has 2 bridgehead atoms. The topological polar surface area (TPSA) is 502 Å². The summed E-state index contributed by atoms with van der Waals surface area (Å²) in [5, 5.41) is 42.6. The summed E-state index contributed by atoms with van der Waals surface area (Å²) in [5.41, 5.74) is 12.6. The Balaban J connectivity index is 1.10. The van der Waals surface area contributed by atoms with Crippen LogP contribution in [0.1, 0.15) is 99.9 Å². The molecule has 10 rings (SSSR count). The number of aromatic nitrogens is 6. The number of nitrogens with one attached hydrogen (secondary N) is 15. The first-order valence-electron chi connectivity index (χ1n) is 36.9. The maximum Gasteiger partial charge on any atom is 0.245 e. The van der Waals surface area contributed by atoms with Gasteiger partial charge >= 0.3 is 0 Å². The molecule has 590 valence electrons. The van der Waals surface area contributed by atoms with Crippen molar-refractivity contribution in [1.29, 1.82) is 10.8 Å². The normalized spacial score (nSPS) is 23.6. The number of imidazole rings is 2. The van der Waals surface area contributed by atoms with Gasteiger partial charge in [-0.05, 0) is 61.1 Å². The van der Waals surface area contributed by atoms with Gasteiger partial charge in [-0.25, -0.2) is 9.97 Å². The highest BCUT2D eigenvalue weighted by Gasteiger charge is 2.42. The van der Waals surface area contributed by atoms with Gasteiger partial charge in [-0.2, -0.15) is 0 Å². The van der Waals surface area contributed by atoms with Crippen LogP contribution in [0.15, 0.2) is 147 Å². The summed E-state index contributed by atoms with van der Waals surface area (Å²) in [6.07, 6.45) is 5.63. The third-order valence-corrected chi connectivity index (χ3v) is 22.5. The molecule has 10 atom stereocenters. The predicted molar refractivity (Wildman–Crippen MR) is 423 cm³/mol. The van der Waals surface area contributed by atoms with Crippen LogP contribution in [0.2, 0.25) is 0 Å². The van der Waals surface area contributed by atoms with Gasteiger partial charge in [-0.15, -0.1) is 0 Å². The van der Waals surface area contributed by atoms with Gasteiger partial charge in [0.2, 0.25) is 47.3 Å². The Morgan fingerprint density at radius 1 is 0.482 bits per heavy atom. The molecule has 31 nitrogen and oxygen atoms in total. The first-order valence-corrected chi connectivity index (χ1v) is 39.4. The molecule has 4 aromatic carbocycles. The number of H-pyrrole nitrogens is 4. The van der Waals surface area contributed by atoms with Gasteiger partial charge in [-0.3, -0.25) is 68.4 Å². The van der Waals surface area contributed by atoms with Crippen LogP contribution in [-0.2, 0) is 96.1 Å². The van der Waals surface area contributed by atoms with Crippen molar-refractivity contribution in [2.45, 2.75) is 153 Å². The Hall–Kier alpha value is -11.7. The SMILES string of the molecule is CC1(C)CC(=O)[C@@H]2CSSC[C@H](NC(=O)[C@H](Cc3c[nH]c4ccccc34)NC(=O)[C@H](CNC(=N)N)NC(=O)[C@@H](Cc3ccccc3)NC(=O)[C@H](Cc3c[nH]cn3)CC1=O)C(=O)NC(C)(C)C(=O)N[C@@H](Cc1c[nH]cn1)C(=O)N[C@H](Cc1ccccc1)C(=O)N[C@@H](CCC(=N)N)C(=O)C[C@@H](Cc1c[nH]c3ccccc13)C(=O)C2. The molecule has 33 heteroatoms. The number of ketones is 4. The fourth-order valence-corrected chi connectivity index (χ4v) is 16.1. The van der Waals surface area contributed by atoms with Crippen LogP contribution in [0.3, 0.4) is 0 Å². The van der Waals surface area contributed by atoms with E-state index in [-0.39, 0.29) is 68.7 Å². The molecule has 2 saturated heterocycles. The summed E-state index contributed by atoms with van der Waals surface area (Å²) in [7, 11) is 2.03. The zero-order valence-electron chi connectivity index (χ0n) is 62.5. The van der Waals surface area contributed by atoms with E-state index in [0.29, 0.717) is 44.5 Å². The number of hydrogen-bond donors (Lipinski definition) is 17. The number of guanidine groups is 1. The van der Waals surface area contributed by atoms with Gasteiger partial charge in [-0.1, -0.05) is 132 Å². The first-order chi connectivity index (χ1) is 53.6. The lowest BCUT2D eigenvalue weighted by atomic mass is 9.75. The van der Waals surface area contributed by atoms with Gasteiger partial charge in [0.1, 0.15) is 59.1 Å². The molecule has 0 saturated carbocycles. The summed E-state index contributed by atoms with van der Waals surface area (Å²) in [5.74, 6) is -14.8. The second-order valence-corrected chi connectivity index (χ2v) is 32.1. The number of carbonyl (C=O) groups excluding carboxylic acids is 12. The van der Waals surface area contributed by atoms with Crippen molar-refractivity contribution in [1.82, 2.24) is 77.8 Å². The van der Waals surface area contributed by atoms with E-state index in [1.807, 2.05) is 24.3 Å². The maximum absolute atomic E-state index is 15.8. The molecule has 0 spiro atoms. The summed E-state index contributed by atoms with van der Waals surface area (Å²) in [6, 6.07) is 20.9. The molecule has 8 amide bonds. The minimum atomic E-state index is -1.96. The van der Waals surface area contributed by atoms with E-state index in [1.54, 1.807) is 104 Å². The molecular formula is C79H95N19O12S2. The highest BCUT2D eigenvalue weighted by molar-refractivity contribution is 8.76. The Morgan fingerprint density at radius 2 is 0.973 bits per heavy atom. The number of fused-ring (bicyclic) bond motifs is 7. The van der Waals surface area contributed by atoms with Crippen LogP contribution in [0.4, 0.5) is 0 Å². The van der Waals surface area contributed by atoms with Crippen LogP contribution in [0, 0.1) is 34.0 Å². The van der Waals surface area contributed by atoms with Crippen LogP contribution in [-0.4, -0.2) is 178 Å². The van der Waals surface area contributed by atoms with Crippen LogP contribution < -0.4 is 59.3 Å². The van der Waals surface area contributed by atoms with E-state index >= 15 is 57.5 Å². The Labute approximate surface area is 653 Å². The molecule has 0 aliphatic carbocycles. The van der Waals surface area contributed by atoms with Crippen molar-refractivity contribution in [3.63, 3.8) is 0 Å². The molecule has 0 unspecified atom stereocenters. The van der Waals surface area contributed by atoms with Crippen molar-refractivity contribution >= 4 is 126 Å². The number of benzene rings is 4. The number of amides is 8. The zero-order chi connectivity index (χ0) is 80.2. The third-order valence-electron chi connectivity index (χ3n) is 20.0. The highest BCUT2D eigenvalue weighted by atomic mass is 33.1. The lowest BCUT2D eigenvalue weighted by molar-refractivity contribution is -0.138. The van der Waals surface area contributed by atoms with Gasteiger partial charge in [0, 0.05) is 146 Å². The fourth-order valence-electron chi connectivity index (χ4n) is 13.6. The Morgan fingerprint density at radius 3 is 1.54 bits per heavy atom. The summed E-state index contributed by atoms with van der Waals surface area (Å²) in [4.78, 5) is 204. The van der Waals surface area contributed by atoms with Crippen LogP contribution in [0.25, 0.3) is 21.8 Å². The number of hydrogen-bond acceptors (Lipinski definition) is 18. The fraction of sp³-hybridized carbons (Fsp3) is 0.392. The van der Waals surface area contributed by atoms with E-state index in [9.17, 15) is 0 Å². The monoisotopic (exact) mass is 1570 g/mol. The molecule has 2 aliphatic rings. The molecule has 2 fully saturated rings. The summed E-state index contributed by atoms with van der Waals surface area (Å²) >= 11 is 0. The molecule has 4 aromatic heterocycles. The number of rotatable bonds is 17. The van der Waals surface area contributed by atoms with Gasteiger partial charge in [0.15, 0.2) is 11.7 Å². The molecule has 8 aromatic rings. The van der Waals surface area contributed by atoms with Crippen molar-refractivity contribution in [2.75, 3.05) is 18.1 Å².